The number of hydrogen-bond acceptors (Lipinski definition) is 4. The maximum atomic E-state index is 12.0. The molecule has 1 aromatic rings. The van der Waals surface area contributed by atoms with Gasteiger partial charge in [0.2, 0.25) is 0 Å². The Hall–Kier alpha value is -1.51. The summed E-state index contributed by atoms with van der Waals surface area (Å²) in [6.07, 6.45) is 3.42. The largest absolute Gasteiger partial charge is 0.870 e. The molecule has 0 aliphatic carbocycles. The van der Waals surface area contributed by atoms with Crippen LogP contribution in [0.25, 0.3) is 0 Å². The van der Waals surface area contributed by atoms with Gasteiger partial charge >= 0.3 is 6.03 Å². The molecule has 0 aliphatic heterocycles. The van der Waals surface area contributed by atoms with E-state index >= 15 is 0 Å². The molecule has 7 nitrogen and oxygen atoms in total. The maximum Gasteiger partial charge on any atom is 0.497 e. The lowest BCUT2D eigenvalue weighted by Crippen LogP contribution is -2.51. The first kappa shape index (κ1) is 18.5. The lowest BCUT2D eigenvalue weighted by Gasteiger charge is -2.10. The van der Waals surface area contributed by atoms with Crippen LogP contribution in [0.5, 0.6) is 0 Å². The van der Waals surface area contributed by atoms with Crippen molar-refractivity contribution in [1.29, 1.82) is 0 Å². The Morgan fingerprint density at radius 1 is 1.25 bits per heavy atom. The summed E-state index contributed by atoms with van der Waals surface area (Å²) >= 11 is 0. The number of rotatable bonds is 5. The highest BCUT2D eigenvalue weighted by Gasteiger charge is 2.20. The number of nitrogens with zero attached hydrogens (tertiary/aromatic N) is 2. The van der Waals surface area contributed by atoms with E-state index in [0.29, 0.717) is 13.1 Å². The van der Waals surface area contributed by atoms with Crippen molar-refractivity contribution in [1.82, 2.24) is 4.90 Å². The van der Waals surface area contributed by atoms with Gasteiger partial charge in [0.1, 0.15) is 0 Å². The van der Waals surface area contributed by atoms with Gasteiger partial charge in [0.25, 0.3) is 10.1 Å². The maximum absolute atomic E-state index is 12.0. The van der Waals surface area contributed by atoms with Crippen molar-refractivity contribution in [3.63, 3.8) is 0 Å². The summed E-state index contributed by atoms with van der Waals surface area (Å²) in [5.74, 6) is -0.318. The molecule has 2 N–H and O–H groups in total. The molecule has 0 spiro atoms. The quantitative estimate of drug-likeness (QED) is 0.630. The molecule has 0 aliphatic rings. The second-order valence-corrected chi connectivity index (χ2v) is 5.68. The van der Waals surface area contributed by atoms with Crippen molar-refractivity contribution in [3.05, 3.63) is 30.1 Å². The summed E-state index contributed by atoms with van der Waals surface area (Å²) in [5.41, 5.74) is 0.751. The minimum absolute atomic E-state index is 0. The van der Waals surface area contributed by atoms with Gasteiger partial charge in [-0.1, -0.05) is 0 Å². The zero-order valence-electron chi connectivity index (χ0n) is 11.6. The van der Waals surface area contributed by atoms with Crippen LogP contribution < -0.4 is 4.57 Å². The first-order valence-electron chi connectivity index (χ1n) is 6.12. The Morgan fingerprint density at radius 3 is 2.15 bits per heavy atom. The Morgan fingerprint density at radius 2 is 1.75 bits per heavy atom. The van der Waals surface area contributed by atoms with Gasteiger partial charge in [-0.15, -0.1) is 0 Å². The van der Waals surface area contributed by atoms with E-state index in [1.165, 1.54) is 4.57 Å². The van der Waals surface area contributed by atoms with Crippen molar-refractivity contribution >= 4 is 16.1 Å². The monoisotopic (exact) mass is 304 g/mol. The van der Waals surface area contributed by atoms with E-state index in [1.807, 2.05) is 13.8 Å². The molecule has 0 unspecified atom stereocenters. The predicted molar refractivity (Wildman–Crippen MR) is 72.4 cm³/mol. The van der Waals surface area contributed by atoms with Crippen LogP contribution >= 0.6 is 0 Å². The molecule has 0 bridgehead atoms. The third-order valence-electron chi connectivity index (χ3n) is 2.80. The van der Waals surface area contributed by atoms with E-state index in [1.54, 1.807) is 29.4 Å². The van der Waals surface area contributed by atoms with Crippen molar-refractivity contribution in [3.8, 4) is 0 Å². The van der Waals surface area contributed by atoms with Crippen LogP contribution in [0.1, 0.15) is 19.4 Å². The molecule has 1 heterocycles. The Bertz CT molecular complexity index is 523. The third kappa shape index (κ3) is 5.64. The fourth-order valence-electron chi connectivity index (χ4n) is 1.66. The molecule has 0 radical (unpaired) electrons. The molecule has 0 aromatic carbocycles. The SMILES string of the molecule is CCN(CC)C(=O)[n+]1ccc(CCS(=O)(=O)O)cc1.[OH-]. The predicted octanol–water partition coefficient (Wildman–Crippen LogP) is 0.538. The fourth-order valence-corrected chi connectivity index (χ4v) is 2.15. The van der Waals surface area contributed by atoms with E-state index in [4.69, 9.17) is 4.55 Å². The zero-order valence-corrected chi connectivity index (χ0v) is 12.4. The normalized spacial score (nSPS) is 10.8. The van der Waals surface area contributed by atoms with Crippen molar-refractivity contribution in [2.45, 2.75) is 20.3 Å². The molecule has 8 heteroatoms. The van der Waals surface area contributed by atoms with E-state index in [9.17, 15) is 13.2 Å². The highest BCUT2D eigenvalue weighted by Crippen LogP contribution is 1.99. The second kappa shape index (κ2) is 7.93. The van der Waals surface area contributed by atoms with Crippen molar-refractivity contribution < 1.29 is 27.8 Å². The Balaban J connectivity index is 0.00000361. The van der Waals surface area contributed by atoms with Gasteiger partial charge in [0.05, 0.1) is 31.2 Å². The van der Waals surface area contributed by atoms with Gasteiger partial charge in [-0.3, -0.25) is 4.55 Å². The smallest absolute Gasteiger partial charge is 0.497 e. The first-order valence-corrected chi connectivity index (χ1v) is 7.73. The van der Waals surface area contributed by atoms with Gasteiger partial charge in [-0.25, -0.2) is 4.90 Å². The number of pyridine rings is 1. The number of hydrogen-bond donors (Lipinski definition) is 1. The average molecular weight is 304 g/mol. The van der Waals surface area contributed by atoms with Gasteiger partial charge in [-0.05, 0) is 38.0 Å². The van der Waals surface area contributed by atoms with Gasteiger partial charge in [0.15, 0.2) is 0 Å². The van der Waals surface area contributed by atoms with Crippen LogP contribution in [-0.4, -0.2) is 48.2 Å². The summed E-state index contributed by atoms with van der Waals surface area (Å²) in [6.45, 7) is 5.07. The molecule has 0 fully saturated rings. The summed E-state index contributed by atoms with van der Waals surface area (Å²) in [7, 11) is -3.95. The molecule has 1 amide bonds. The molecular formula is C12H20N2O5S. The number of aromatic nitrogens is 1. The summed E-state index contributed by atoms with van der Waals surface area (Å²) in [4.78, 5) is 13.7. The van der Waals surface area contributed by atoms with Gasteiger partial charge in [0, 0.05) is 0 Å². The van der Waals surface area contributed by atoms with Gasteiger partial charge < -0.3 is 5.48 Å². The number of carbonyl (C=O) groups is 1. The Labute approximate surface area is 118 Å². The van der Waals surface area contributed by atoms with Crippen molar-refractivity contribution in [2.75, 3.05) is 18.8 Å². The summed E-state index contributed by atoms with van der Waals surface area (Å²) in [5, 5.41) is 0. The second-order valence-electron chi connectivity index (χ2n) is 4.10. The van der Waals surface area contributed by atoms with Crippen LogP contribution in [0.3, 0.4) is 0 Å². The topological polar surface area (TPSA) is 109 Å². The molecule has 114 valence electrons. The highest BCUT2D eigenvalue weighted by molar-refractivity contribution is 7.85. The Kier molecular flexibility index (Phi) is 7.33. The van der Waals surface area contributed by atoms with E-state index in [-0.39, 0.29) is 23.7 Å². The number of aryl methyl sites for hydroxylation is 1. The van der Waals surface area contributed by atoms with Crippen LogP contribution in [0.2, 0.25) is 0 Å². The molecule has 1 aromatic heterocycles. The molecule has 0 saturated heterocycles. The first-order chi connectivity index (χ1) is 8.87. The number of amides is 1. The van der Waals surface area contributed by atoms with Gasteiger partial charge in [-0.2, -0.15) is 17.8 Å². The fraction of sp³-hybridized carbons (Fsp3) is 0.500. The van der Waals surface area contributed by atoms with Crippen LogP contribution in [-0.2, 0) is 16.5 Å². The molecule has 0 atom stereocenters. The van der Waals surface area contributed by atoms with E-state index < -0.39 is 10.1 Å². The standard InChI is InChI=1S/C12H18N2O4S.H2O/c1-3-13(4-2)12(15)14-8-5-11(6-9-14)7-10-19(16,17)18;/h5-6,8-9H,3-4,7,10H2,1-2H3;1H2. The summed E-state index contributed by atoms with van der Waals surface area (Å²) in [6, 6.07) is 3.23. The summed E-state index contributed by atoms with van der Waals surface area (Å²) < 4.78 is 31.4. The lowest BCUT2D eigenvalue weighted by molar-refractivity contribution is -0.578. The van der Waals surface area contributed by atoms with Crippen LogP contribution in [0.4, 0.5) is 4.79 Å². The van der Waals surface area contributed by atoms with Crippen LogP contribution in [0, 0.1) is 0 Å². The highest BCUT2D eigenvalue weighted by atomic mass is 32.2. The average Bonchev–Trinajstić information content (AvgIpc) is 2.37. The van der Waals surface area contributed by atoms with E-state index in [2.05, 4.69) is 0 Å². The van der Waals surface area contributed by atoms with Crippen LogP contribution in [0.15, 0.2) is 24.5 Å². The minimum atomic E-state index is -3.95. The van der Waals surface area contributed by atoms with Crippen molar-refractivity contribution in [2.24, 2.45) is 0 Å². The number of carbonyl (C=O) groups excluding carboxylic acids is 1. The molecule has 1 rings (SSSR count). The van der Waals surface area contributed by atoms with E-state index in [0.717, 1.165) is 5.56 Å². The zero-order chi connectivity index (χ0) is 14.5. The minimum Gasteiger partial charge on any atom is -0.870 e. The molecule has 0 saturated carbocycles. The third-order valence-corrected chi connectivity index (χ3v) is 3.52. The molecule has 20 heavy (non-hydrogen) atoms. The molecular weight excluding hydrogens is 284 g/mol. The lowest BCUT2D eigenvalue weighted by atomic mass is 10.2.